The first-order valence-electron chi connectivity index (χ1n) is 2.61. The van der Waals surface area contributed by atoms with E-state index in [0.717, 1.165) is 11.4 Å². The summed E-state index contributed by atoms with van der Waals surface area (Å²) in [6, 6.07) is 6.79. The second-order valence-electron chi connectivity index (χ2n) is 1.82. The van der Waals surface area contributed by atoms with Crippen molar-refractivity contribution in [3.8, 4) is 0 Å². The smallest absolute Gasteiger partial charge is 0.298 e. The molecule has 0 N–H and O–H groups in total. The number of pyridine rings is 1. The molecule has 1 nitrogen and oxygen atoms in total. The van der Waals surface area contributed by atoms with Crippen molar-refractivity contribution in [2.45, 2.75) is 13.8 Å². The van der Waals surface area contributed by atoms with Crippen LogP contribution in [0.3, 0.4) is 0 Å². The largest absolute Gasteiger partial charge is 1.00 e. The zero-order valence-electron chi connectivity index (χ0n) is 6.10. The van der Waals surface area contributed by atoms with Gasteiger partial charge in [-0.1, -0.05) is 5.69 Å². The molecule has 0 saturated heterocycles. The average Bonchev–Trinajstić information content (AvgIpc) is 1.64. The molecule has 0 aromatic carbocycles. The van der Waals surface area contributed by atoms with Gasteiger partial charge in [0.1, 0.15) is 0 Å². The first kappa shape index (κ1) is 9.96. The fourth-order valence-electron chi connectivity index (χ4n) is 0.617. The van der Waals surface area contributed by atoms with Crippen molar-refractivity contribution >= 4 is 0 Å². The normalized spacial score (nSPS) is 8.22. The van der Waals surface area contributed by atoms with Crippen LogP contribution in [-0.2, 0) is 0 Å². The van der Waals surface area contributed by atoms with Crippen molar-refractivity contribution in [1.29, 1.82) is 0 Å². The maximum absolute atomic E-state index is 4.12. The summed E-state index contributed by atoms with van der Waals surface area (Å²) in [6.07, 6.45) is 0. The molecule has 42 valence electrons. The van der Waals surface area contributed by atoms with E-state index in [-0.39, 0.29) is 58.2 Å². The van der Waals surface area contributed by atoms with Crippen molar-refractivity contribution in [3.63, 3.8) is 0 Å². The van der Waals surface area contributed by atoms with Gasteiger partial charge >= 0.3 is 58.2 Å². The molecule has 0 aliphatic carbocycles. The first-order valence-corrected chi connectivity index (χ1v) is 2.61. The average molecular weight is 192 g/mol. The van der Waals surface area contributed by atoms with Gasteiger partial charge in [0.25, 0.3) is 0 Å². The monoisotopic (exact) mass is 191 g/mol. The molecule has 9 heavy (non-hydrogen) atoms. The summed E-state index contributed by atoms with van der Waals surface area (Å²) in [7, 11) is 0. The molecule has 0 aliphatic rings. The summed E-state index contributed by atoms with van der Waals surface area (Å²) in [4.78, 5) is 4.12. The van der Waals surface area contributed by atoms with Crippen LogP contribution < -0.4 is 58.2 Å². The summed E-state index contributed by atoms with van der Waals surface area (Å²) < 4.78 is 0. The Hall–Kier alpha value is 0.955. The van der Waals surface area contributed by atoms with E-state index < -0.39 is 0 Å². The van der Waals surface area contributed by atoms with E-state index in [1.807, 2.05) is 26.0 Å². The second-order valence-corrected chi connectivity index (χ2v) is 1.82. The number of rotatable bonds is 0. The van der Waals surface area contributed by atoms with Crippen molar-refractivity contribution in [3.05, 3.63) is 29.6 Å². The quantitative estimate of drug-likeness (QED) is 0.455. The van der Waals surface area contributed by atoms with Crippen LogP contribution in [0.5, 0.6) is 0 Å². The van der Waals surface area contributed by atoms with Gasteiger partial charge in [0, 0.05) is 0 Å². The Kier molecular flexibility index (Phi) is 5.22. The molecule has 0 aliphatic heterocycles. The third-order valence-corrected chi connectivity index (χ3v) is 0.961. The predicted molar refractivity (Wildman–Crippen MR) is 32.5 cm³/mol. The zero-order chi connectivity index (χ0) is 5.98. The molecule has 1 aromatic rings. The molecule has 2 heteroatoms. The Balaban J connectivity index is 0.000000640. The molecule has 1 aromatic heterocycles. The molecular formula is C7H8NRb. The molecule has 0 amide bonds. The predicted octanol–water partition coefficient (Wildman–Crippen LogP) is -1.50. The summed E-state index contributed by atoms with van der Waals surface area (Å²) >= 11 is 0. The van der Waals surface area contributed by atoms with Crippen LogP contribution in [0.25, 0.3) is 0 Å². The van der Waals surface area contributed by atoms with Crippen LogP contribution in [0, 0.1) is 19.9 Å². The van der Waals surface area contributed by atoms with E-state index in [4.69, 9.17) is 0 Å². The van der Waals surface area contributed by atoms with E-state index >= 15 is 0 Å². The van der Waals surface area contributed by atoms with Crippen LogP contribution in [-0.4, -0.2) is 4.98 Å². The SMILES string of the molecule is Cc1[c-]ccc(C)n1.[Rb+]. The van der Waals surface area contributed by atoms with Crippen LogP contribution >= 0.6 is 0 Å². The van der Waals surface area contributed by atoms with E-state index in [2.05, 4.69) is 11.1 Å². The van der Waals surface area contributed by atoms with Crippen LogP contribution in [0.15, 0.2) is 12.1 Å². The molecule has 0 unspecified atom stereocenters. The summed E-state index contributed by atoms with van der Waals surface area (Å²) in [6.45, 7) is 3.91. The standard InChI is InChI=1S/C7H8N.Rb/c1-6-4-3-5-7(2)8-6;/h3-4H,1-2H3;/q-1;+1. The van der Waals surface area contributed by atoms with Gasteiger partial charge < -0.3 is 0 Å². The van der Waals surface area contributed by atoms with Gasteiger partial charge in [-0.2, -0.15) is 6.07 Å². The van der Waals surface area contributed by atoms with Crippen molar-refractivity contribution < 1.29 is 58.2 Å². The summed E-state index contributed by atoms with van der Waals surface area (Å²) in [5, 5.41) is 0. The van der Waals surface area contributed by atoms with Crippen LogP contribution in [0.4, 0.5) is 0 Å². The molecule has 1 rings (SSSR count). The second kappa shape index (κ2) is 4.72. The van der Waals surface area contributed by atoms with Gasteiger partial charge in [0.2, 0.25) is 0 Å². The summed E-state index contributed by atoms with van der Waals surface area (Å²) in [5.41, 5.74) is 2.02. The molecular weight excluding hydrogens is 184 g/mol. The Morgan fingerprint density at radius 1 is 1.44 bits per heavy atom. The van der Waals surface area contributed by atoms with Gasteiger partial charge in [-0.15, -0.1) is 0 Å². The molecule has 0 bridgehead atoms. The molecule has 0 radical (unpaired) electrons. The minimum absolute atomic E-state index is 0. The molecule has 1 heterocycles. The van der Waals surface area contributed by atoms with Crippen LogP contribution in [0.1, 0.15) is 11.4 Å². The van der Waals surface area contributed by atoms with E-state index in [1.165, 1.54) is 0 Å². The maximum atomic E-state index is 4.12. The van der Waals surface area contributed by atoms with Gasteiger partial charge in [0.15, 0.2) is 0 Å². The Morgan fingerprint density at radius 3 is 2.44 bits per heavy atom. The fraction of sp³-hybridized carbons (Fsp3) is 0.286. The zero-order valence-corrected chi connectivity index (χ0v) is 11.0. The molecule has 0 spiro atoms. The maximum Gasteiger partial charge on any atom is 1.00 e. The van der Waals surface area contributed by atoms with E-state index in [9.17, 15) is 0 Å². The number of nitrogens with zero attached hydrogens (tertiary/aromatic N) is 1. The summed E-state index contributed by atoms with van der Waals surface area (Å²) in [5.74, 6) is 0. The first-order chi connectivity index (χ1) is 3.79. The Morgan fingerprint density at radius 2 is 2.11 bits per heavy atom. The third kappa shape index (κ3) is 3.61. The number of aryl methyl sites for hydroxylation is 2. The fourth-order valence-corrected chi connectivity index (χ4v) is 0.617. The molecule has 0 atom stereocenters. The number of hydrogen-bond donors (Lipinski definition) is 0. The van der Waals surface area contributed by atoms with Gasteiger partial charge in [0.05, 0.1) is 0 Å². The van der Waals surface area contributed by atoms with Gasteiger partial charge in [-0.3, -0.25) is 4.98 Å². The topological polar surface area (TPSA) is 12.9 Å². The molecule has 0 saturated carbocycles. The van der Waals surface area contributed by atoms with Crippen molar-refractivity contribution in [2.24, 2.45) is 0 Å². The number of hydrogen-bond acceptors (Lipinski definition) is 1. The van der Waals surface area contributed by atoms with Crippen LogP contribution in [0.2, 0.25) is 0 Å². The van der Waals surface area contributed by atoms with E-state index in [0.29, 0.717) is 0 Å². The van der Waals surface area contributed by atoms with Gasteiger partial charge in [-0.05, 0) is 19.5 Å². The number of aromatic nitrogens is 1. The van der Waals surface area contributed by atoms with Crippen molar-refractivity contribution in [2.75, 3.05) is 0 Å². The minimum atomic E-state index is 0. The third-order valence-electron chi connectivity index (χ3n) is 0.961. The molecule has 0 fully saturated rings. The Bertz CT molecular complexity index is 169. The van der Waals surface area contributed by atoms with Crippen molar-refractivity contribution in [1.82, 2.24) is 4.98 Å². The minimum Gasteiger partial charge on any atom is -0.298 e. The van der Waals surface area contributed by atoms with Gasteiger partial charge in [-0.25, -0.2) is 12.1 Å². The van der Waals surface area contributed by atoms with E-state index in [1.54, 1.807) is 0 Å². The Labute approximate surface area is 105 Å².